The summed E-state index contributed by atoms with van der Waals surface area (Å²) < 4.78 is 13.3. The lowest BCUT2D eigenvalue weighted by molar-refractivity contribution is -0.385. The summed E-state index contributed by atoms with van der Waals surface area (Å²) in [5, 5.41) is 11.0. The van der Waals surface area contributed by atoms with Crippen LogP contribution in [0.2, 0.25) is 0 Å². The zero-order valence-corrected chi connectivity index (χ0v) is 11.1. The third-order valence-corrected chi connectivity index (χ3v) is 4.19. The number of rotatable bonds is 4. The van der Waals surface area contributed by atoms with E-state index in [1.807, 2.05) is 0 Å². The van der Waals surface area contributed by atoms with E-state index in [1.165, 1.54) is 12.1 Å². The van der Waals surface area contributed by atoms with Crippen LogP contribution < -0.4 is 5.73 Å². The van der Waals surface area contributed by atoms with Gasteiger partial charge in [-0.15, -0.1) is 0 Å². The number of hydrogen-bond acceptors (Lipinski definition) is 3. The Bertz CT molecular complexity index is 492. The average molecular weight is 266 g/mol. The molecule has 5 heteroatoms. The van der Waals surface area contributed by atoms with Gasteiger partial charge < -0.3 is 5.73 Å². The van der Waals surface area contributed by atoms with Gasteiger partial charge >= 0.3 is 0 Å². The van der Waals surface area contributed by atoms with Crippen LogP contribution >= 0.6 is 0 Å². The first-order valence-electron chi connectivity index (χ1n) is 6.59. The van der Waals surface area contributed by atoms with Crippen LogP contribution in [0.15, 0.2) is 18.2 Å². The number of nitrogens with two attached hydrogens (primary N) is 1. The van der Waals surface area contributed by atoms with Gasteiger partial charge in [-0.2, -0.15) is 0 Å². The zero-order chi connectivity index (χ0) is 14.0. The molecule has 19 heavy (non-hydrogen) atoms. The Morgan fingerprint density at radius 1 is 1.58 bits per heavy atom. The van der Waals surface area contributed by atoms with Crippen molar-refractivity contribution in [2.24, 2.45) is 17.1 Å². The molecule has 4 nitrogen and oxygen atoms in total. The van der Waals surface area contributed by atoms with Gasteiger partial charge in [-0.25, -0.2) is 4.39 Å². The molecule has 0 aliphatic heterocycles. The van der Waals surface area contributed by atoms with Gasteiger partial charge in [0.1, 0.15) is 5.82 Å². The zero-order valence-electron chi connectivity index (χ0n) is 11.1. The highest BCUT2D eigenvalue weighted by Gasteiger charge is 2.37. The summed E-state index contributed by atoms with van der Waals surface area (Å²) in [6.45, 7) is 2.66. The van der Waals surface area contributed by atoms with E-state index in [0.29, 0.717) is 24.4 Å². The summed E-state index contributed by atoms with van der Waals surface area (Å²) in [6, 6.07) is 3.65. The van der Waals surface area contributed by atoms with Crippen molar-refractivity contribution in [1.29, 1.82) is 0 Å². The maximum Gasteiger partial charge on any atom is 0.272 e. The normalized spacial score (nSPS) is 26.6. The molecule has 2 atom stereocenters. The highest BCUT2D eigenvalue weighted by Crippen LogP contribution is 2.44. The summed E-state index contributed by atoms with van der Waals surface area (Å²) >= 11 is 0. The smallest absolute Gasteiger partial charge is 0.272 e. The van der Waals surface area contributed by atoms with E-state index in [2.05, 4.69) is 6.92 Å². The fourth-order valence-corrected chi connectivity index (χ4v) is 3.19. The highest BCUT2D eigenvalue weighted by molar-refractivity contribution is 5.41. The topological polar surface area (TPSA) is 69.2 Å². The van der Waals surface area contributed by atoms with Crippen molar-refractivity contribution < 1.29 is 9.31 Å². The van der Waals surface area contributed by atoms with Gasteiger partial charge in [0.25, 0.3) is 5.69 Å². The van der Waals surface area contributed by atoms with Crippen molar-refractivity contribution in [3.8, 4) is 0 Å². The van der Waals surface area contributed by atoms with Gasteiger partial charge in [0.2, 0.25) is 0 Å². The van der Waals surface area contributed by atoms with Gasteiger partial charge in [0, 0.05) is 11.6 Å². The molecule has 1 fully saturated rings. The third kappa shape index (κ3) is 2.92. The molecule has 0 amide bonds. The molecule has 0 saturated heterocycles. The Morgan fingerprint density at radius 3 is 2.84 bits per heavy atom. The molecular formula is C14H19FN2O2. The van der Waals surface area contributed by atoms with Crippen molar-refractivity contribution in [3.05, 3.63) is 39.7 Å². The van der Waals surface area contributed by atoms with E-state index in [0.717, 1.165) is 25.3 Å². The molecule has 2 N–H and O–H groups in total. The van der Waals surface area contributed by atoms with Crippen LogP contribution in [0.4, 0.5) is 10.1 Å². The molecule has 1 saturated carbocycles. The minimum absolute atomic E-state index is 0.00576. The fraction of sp³-hybridized carbons (Fsp3) is 0.571. The van der Waals surface area contributed by atoms with E-state index in [9.17, 15) is 14.5 Å². The van der Waals surface area contributed by atoms with Gasteiger partial charge in [-0.3, -0.25) is 10.1 Å². The van der Waals surface area contributed by atoms with Crippen LogP contribution in [0.25, 0.3) is 0 Å². The first kappa shape index (κ1) is 13.9. The number of nitro benzene ring substituents is 1. The second-order valence-electron chi connectivity index (χ2n) is 5.76. The van der Waals surface area contributed by atoms with Gasteiger partial charge in [-0.05, 0) is 49.3 Å². The standard InChI is InChI=1S/C14H19FN2O2/c1-10-4-5-14(7-10,9-16)8-11-6-12(15)2-3-13(11)17(18)19/h2-3,6,10H,4-5,7-9,16H2,1H3. The Hall–Kier alpha value is -1.49. The summed E-state index contributed by atoms with van der Waals surface area (Å²) in [5.41, 5.74) is 6.22. The number of halogens is 1. The first-order chi connectivity index (χ1) is 8.96. The predicted molar refractivity (Wildman–Crippen MR) is 71.3 cm³/mol. The van der Waals surface area contributed by atoms with Crippen LogP contribution in [-0.4, -0.2) is 11.5 Å². The Morgan fingerprint density at radius 2 is 2.32 bits per heavy atom. The molecule has 0 spiro atoms. The van der Waals surface area contributed by atoms with Crippen molar-refractivity contribution in [2.75, 3.05) is 6.54 Å². The van der Waals surface area contributed by atoms with E-state index >= 15 is 0 Å². The van der Waals surface area contributed by atoms with Crippen molar-refractivity contribution in [2.45, 2.75) is 32.6 Å². The second-order valence-corrected chi connectivity index (χ2v) is 5.76. The lowest BCUT2D eigenvalue weighted by atomic mass is 9.79. The maximum absolute atomic E-state index is 13.3. The largest absolute Gasteiger partial charge is 0.330 e. The lowest BCUT2D eigenvalue weighted by Crippen LogP contribution is -2.30. The molecule has 1 aliphatic carbocycles. The number of nitrogens with zero attached hydrogens (tertiary/aromatic N) is 1. The molecule has 0 aromatic heterocycles. The molecule has 2 rings (SSSR count). The van der Waals surface area contributed by atoms with Crippen molar-refractivity contribution in [1.82, 2.24) is 0 Å². The van der Waals surface area contributed by atoms with Crippen molar-refractivity contribution >= 4 is 5.69 Å². The van der Waals surface area contributed by atoms with Gasteiger partial charge in [0.05, 0.1) is 4.92 Å². The van der Waals surface area contributed by atoms with E-state index in [4.69, 9.17) is 5.73 Å². The average Bonchev–Trinajstić information content (AvgIpc) is 2.71. The summed E-state index contributed by atoms with van der Waals surface area (Å²) in [7, 11) is 0. The SMILES string of the molecule is CC1CCC(CN)(Cc2cc(F)ccc2[N+](=O)[O-])C1. The lowest BCUT2D eigenvalue weighted by Gasteiger charge is -2.27. The number of nitro groups is 1. The van der Waals surface area contributed by atoms with Crippen LogP contribution in [0.5, 0.6) is 0 Å². The molecule has 1 aromatic rings. The van der Waals surface area contributed by atoms with Crippen molar-refractivity contribution in [3.63, 3.8) is 0 Å². The molecule has 1 aliphatic rings. The second kappa shape index (κ2) is 5.25. The van der Waals surface area contributed by atoms with Crippen LogP contribution in [-0.2, 0) is 6.42 Å². The minimum atomic E-state index is -0.447. The number of hydrogen-bond donors (Lipinski definition) is 1. The quantitative estimate of drug-likeness (QED) is 0.672. The minimum Gasteiger partial charge on any atom is -0.330 e. The molecule has 0 radical (unpaired) electrons. The van der Waals surface area contributed by atoms with E-state index in [1.54, 1.807) is 0 Å². The molecule has 2 unspecified atom stereocenters. The first-order valence-corrected chi connectivity index (χ1v) is 6.59. The molecule has 104 valence electrons. The Kier molecular flexibility index (Phi) is 3.85. The monoisotopic (exact) mass is 266 g/mol. The molecule has 0 bridgehead atoms. The van der Waals surface area contributed by atoms with Crippen LogP contribution in [0.1, 0.15) is 31.7 Å². The van der Waals surface area contributed by atoms with E-state index in [-0.39, 0.29) is 11.1 Å². The molecule has 1 aromatic carbocycles. The number of benzene rings is 1. The van der Waals surface area contributed by atoms with Gasteiger partial charge in [-0.1, -0.05) is 13.3 Å². The van der Waals surface area contributed by atoms with Gasteiger partial charge in [0.15, 0.2) is 0 Å². The maximum atomic E-state index is 13.3. The Balaban J connectivity index is 2.31. The summed E-state index contributed by atoms with van der Waals surface area (Å²) in [6.07, 6.45) is 3.48. The molecular weight excluding hydrogens is 247 g/mol. The third-order valence-electron chi connectivity index (χ3n) is 4.19. The Labute approximate surface area is 112 Å². The highest BCUT2D eigenvalue weighted by atomic mass is 19.1. The predicted octanol–water partition coefficient (Wildman–Crippen LogP) is 3.04. The summed E-state index contributed by atoms with van der Waals surface area (Å²) in [4.78, 5) is 10.6. The fourth-order valence-electron chi connectivity index (χ4n) is 3.19. The molecule has 0 heterocycles. The summed E-state index contributed by atoms with van der Waals surface area (Å²) in [5.74, 6) is 0.148. The van der Waals surface area contributed by atoms with Crippen LogP contribution in [0, 0.1) is 27.3 Å². The van der Waals surface area contributed by atoms with Crippen LogP contribution in [0.3, 0.4) is 0 Å². The van der Waals surface area contributed by atoms with E-state index < -0.39 is 10.7 Å².